The lowest BCUT2D eigenvalue weighted by atomic mass is 9.97. The van der Waals surface area contributed by atoms with Gasteiger partial charge in [-0.15, -0.1) is 10.2 Å². The average molecular weight is 525 g/mol. The number of likely N-dealkylation sites (N-methyl/N-ethyl adjacent to an activating group) is 1. The molecule has 4 heterocycles. The number of amides is 1. The van der Waals surface area contributed by atoms with Gasteiger partial charge in [0.25, 0.3) is 5.91 Å². The summed E-state index contributed by atoms with van der Waals surface area (Å²) < 4.78 is 5.40. The number of fused-ring (bicyclic) bond motifs is 1. The molecule has 2 aliphatic rings. The molecule has 39 heavy (non-hydrogen) atoms. The number of aromatic amines is 1. The Morgan fingerprint density at radius 1 is 0.846 bits per heavy atom. The lowest BCUT2D eigenvalue weighted by Gasteiger charge is -2.36. The van der Waals surface area contributed by atoms with Crippen LogP contribution in [0.5, 0.6) is 0 Å². The predicted octanol–water partition coefficient (Wildman–Crippen LogP) is 4.44. The molecule has 0 saturated carbocycles. The molecule has 6 rings (SSSR count). The number of hydrogen-bond acceptors (Lipinski definition) is 6. The highest BCUT2D eigenvalue weighted by atomic mass is 16.5. The fourth-order valence-corrected chi connectivity index (χ4v) is 5.94. The maximum atomic E-state index is 13.1. The first-order valence-electron chi connectivity index (χ1n) is 13.8. The fourth-order valence-electron chi connectivity index (χ4n) is 5.94. The molecular formula is C31H36N6O2. The van der Waals surface area contributed by atoms with Crippen molar-refractivity contribution in [2.75, 3.05) is 64.4 Å². The van der Waals surface area contributed by atoms with Crippen molar-refractivity contribution in [1.82, 2.24) is 25.0 Å². The smallest absolute Gasteiger partial charge is 0.254 e. The molecular weight excluding hydrogens is 488 g/mol. The summed E-state index contributed by atoms with van der Waals surface area (Å²) in [6.45, 7) is 13.1. The summed E-state index contributed by atoms with van der Waals surface area (Å²) in [4.78, 5) is 23.1. The van der Waals surface area contributed by atoms with Gasteiger partial charge < -0.3 is 24.4 Å². The molecule has 2 aliphatic heterocycles. The van der Waals surface area contributed by atoms with Crippen molar-refractivity contribution in [3.05, 3.63) is 64.8 Å². The number of aromatic nitrogens is 3. The summed E-state index contributed by atoms with van der Waals surface area (Å²) >= 11 is 0. The van der Waals surface area contributed by atoms with Crippen molar-refractivity contribution in [3.63, 3.8) is 0 Å². The van der Waals surface area contributed by atoms with Crippen molar-refractivity contribution in [3.8, 4) is 22.4 Å². The molecule has 4 aromatic rings. The number of anilines is 1. The summed E-state index contributed by atoms with van der Waals surface area (Å²) in [5, 5.41) is 10.1. The summed E-state index contributed by atoms with van der Waals surface area (Å²) in [5.74, 6) is 0.0696. The van der Waals surface area contributed by atoms with Crippen LogP contribution < -0.4 is 4.90 Å². The van der Waals surface area contributed by atoms with Gasteiger partial charge >= 0.3 is 0 Å². The van der Waals surface area contributed by atoms with Gasteiger partial charge in [-0.05, 0) is 74.3 Å². The van der Waals surface area contributed by atoms with Gasteiger partial charge in [0.15, 0.2) is 5.65 Å². The summed E-state index contributed by atoms with van der Waals surface area (Å²) in [6.07, 6.45) is 1.98. The van der Waals surface area contributed by atoms with Gasteiger partial charge in [-0.25, -0.2) is 0 Å². The molecule has 1 N–H and O–H groups in total. The van der Waals surface area contributed by atoms with E-state index < -0.39 is 0 Å². The van der Waals surface area contributed by atoms with Crippen molar-refractivity contribution in [2.45, 2.75) is 20.8 Å². The second kappa shape index (κ2) is 10.4. The number of nitrogens with one attached hydrogen (secondary N) is 1. The number of piperazine rings is 1. The van der Waals surface area contributed by atoms with Gasteiger partial charge in [0, 0.05) is 73.2 Å². The van der Waals surface area contributed by atoms with E-state index in [1.807, 2.05) is 30.2 Å². The zero-order valence-corrected chi connectivity index (χ0v) is 23.3. The highest BCUT2D eigenvalue weighted by molar-refractivity contribution is 5.99. The molecule has 8 heteroatoms. The number of benzene rings is 2. The van der Waals surface area contributed by atoms with Crippen LogP contribution >= 0.6 is 0 Å². The molecule has 0 bridgehead atoms. The molecule has 1 amide bonds. The monoisotopic (exact) mass is 524 g/mol. The van der Waals surface area contributed by atoms with E-state index in [1.165, 1.54) is 16.8 Å². The molecule has 0 atom stereocenters. The second-order valence-electron chi connectivity index (χ2n) is 10.9. The third-order valence-electron chi connectivity index (χ3n) is 8.11. The van der Waals surface area contributed by atoms with E-state index >= 15 is 0 Å². The Labute approximate surface area is 229 Å². The SMILES string of the molecule is Cc1cc(-c2c[nH]c3nnc(-c4cc(C)c(N5CCN(C)CC5)c(C)c4)cc23)ccc1C(=O)N1CCOCC1. The van der Waals surface area contributed by atoms with Crippen molar-refractivity contribution >= 4 is 22.6 Å². The maximum Gasteiger partial charge on any atom is 0.254 e. The van der Waals surface area contributed by atoms with Crippen LogP contribution in [0.4, 0.5) is 5.69 Å². The van der Waals surface area contributed by atoms with Gasteiger partial charge in [0.2, 0.25) is 0 Å². The quantitative estimate of drug-likeness (QED) is 0.425. The normalized spacial score (nSPS) is 16.7. The van der Waals surface area contributed by atoms with Crippen LogP contribution in [0.15, 0.2) is 42.6 Å². The first kappa shape index (κ1) is 25.5. The van der Waals surface area contributed by atoms with Crippen LogP contribution in [0.1, 0.15) is 27.0 Å². The summed E-state index contributed by atoms with van der Waals surface area (Å²) in [5.41, 5.74) is 10.4. The Morgan fingerprint density at radius 3 is 2.23 bits per heavy atom. The second-order valence-corrected chi connectivity index (χ2v) is 10.9. The minimum atomic E-state index is 0.0696. The first-order valence-corrected chi connectivity index (χ1v) is 13.8. The van der Waals surface area contributed by atoms with Crippen LogP contribution in [0, 0.1) is 20.8 Å². The van der Waals surface area contributed by atoms with Gasteiger partial charge in [0.1, 0.15) is 0 Å². The van der Waals surface area contributed by atoms with E-state index in [4.69, 9.17) is 4.74 Å². The van der Waals surface area contributed by atoms with Crippen LogP contribution in [0.25, 0.3) is 33.4 Å². The van der Waals surface area contributed by atoms with Crippen LogP contribution in [-0.2, 0) is 4.74 Å². The molecule has 0 aliphatic carbocycles. The van der Waals surface area contributed by atoms with Crippen LogP contribution in [0.2, 0.25) is 0 Å². The number of hydrogen-bond donors (Lipinski definition) is 1. The third-order valence-corrected chi connectivity index (χ3v) is 8.11. The number of rotatable bonds is 4. The van der Waals surface area contributed by atoms with Gasteiger partial charge in [-0.1, -0.05) is 12.1 Å². The van der Waals surface area contributed by atoms with Crippen molar-refractivity contribution in [1.29, 1.82) is 0 Å². The molecule has 0 radical (unpaired) electrons. The zero-order chi connectivity index (χ0) is 27.1. The number of carbonyl (C=O) groups excluding carboxylic acids is 1. The van der Waals surface area contributed by atoms with E-state index in [9.17, 15) is 4.79 Å². The number of nitrogens with zero attached hydrogens (tertiary/aromatic N) is 5. The van der Waals surface area contributed by atoms with Gasteiger partial charge in [0.05, 0.1) is 18.9 Å². The van der Waals surface area contributed by atoms with Crippen LogP contribution in [-0.4, -0.2) is 90.4 Å². The number of H-pyrrole nitrogens is 1. The van der Waals surface area contributed by atoms with Crippen LogP contribution in [0.3, 0.4) is 0 Å². The number of morpholine rings is 1. The largest absolute Gasteiger partial charge is 0.378 e. The Hall–Kier alpha value is -3.75. The molecule has 0 spiro atoms. The minimum Gasteiger partial charge on any atom is -0.378 e. The maximum absolute atomic E-state index is 13.1. The molecule has 8 nitrogen and oxygen atoms in total. The standard InChI is InChI=1S/C31H36N6O2/c1-20-15-23(5-6-25(20)31(38)37-11-13-39-14-12-37)27-19-32-30-26(27)18-28(33-34-30)24-16-21(2)29(22(3)17-24)36-9-7-35(4)8-10-36/h5-6,15-19H,7-14H2,1-4H3,(H,32,34). The van der Waals surface area contributed by atoms with E-state index in [1.54, 1.807) is 0 Å². The van der Waals surface area contributed by atoms with Crippen molar-refractivity contribution in [2.24, 2.45) is 0 Å². The molecule has 2 aromatic carbocycles. The topological polar surface area (TPSA) is 77.6 Å². The number of ether oxygens (including phenoxy) is 1. The fraction of sp³-hybridized carbons (Fsp3) is 0.387. The van der Waals surface area contributed by atoms with Gasteiger partial charge in [-0.2, -0.15) is 0 Å². The lowest BCUT2D eigenvalue weighted by molar-refractivity contribution is 0.0302. The third kappa shape index (κ3) is 4.90. The molecule has 2 aromatic heterocycles. The zero-order valence-electron chi connectivity index (χ0n) is 23.3. The summed E-state index contributed by atoms with van der Waals surface area (Å²) in [6, 6.07) is 12.7. The number of aryl methyl sites for hydroxylation is 3. The minimum absolute atomic E-state index is 0.0696. The van der Waals surface area contributed by atoms with E-state index in [2.05, 4.69) is 70.1 Å². The van der Waals surface area contributed by atoms with Gasteiger partial charge in [-0.3, -0.25) is 4.79 Å². The Bertz CT molecular complexity index is 1510. The molecule has 0 unspecified atom stereocenters. The average Bonchev–Trinajstić information content (AvgIpc) is 3.37. The Kier molecular flexibility index (Phi) is 6.83. The summed E-state index contributed by atoms with van der Waals surface area (Å²) in [7, 11) is 2.19. The predicted molar refractivity (Wildman–Crippen MR) is 155 cm³/mol. The van der Waals surface area contributed by atoms with Crippen molar-refractivity contribution < 1.29 is 9.53 Å². The number of carbonyl (C=O) groups is 1. The Balaban J connectivity index is 1.31. The van der Waals surface area contributed by atoms with E-state index in [0.29, 0.717) is 26.3 Å². The first-order chi connectivity index (χ1) is 18.9. The van der Waals surface area contributed by atoms with E-state index in [0.717, 1.165) is 70.7 Å². The lowest BCUT2D eigenvalue weighted by Crippen LogP contribution is -2.45. The molecule has 2 fully saturated rings. The Morgan fingerprint density at radius 2 is 1.54 bits per heavy atom. The molecule has 202 valence electrons. The van der Waals surface area contributed by atoms with E-state index in [-0.39, 0.29) is 5.91 Å². The molecule has 2 saturated heterocycles. The highest BCUT2D eigenvalue weighted by Crippen LogP contribution is 2.34. The highest BCUT2D eigenvalue weighted by Gasteiger charge is 2.22.